The van der Waals surface area contributed by atoms with Crippen molar-refractivity contribution in [1.82, 2.24) is 10.2 Å². The van der Waals surface area contributed by atoms with Crippen molar-refractivity contribution in [2.45, 2.75) is 12.6 Å². The molecule has 7 nitrogen and oxygen atoms in total. The largest absolute Gasteiger partial charge is 0.467 e. The maximum atomic E-state index is 12.7. The van der Waals surface area contributed by atoms with Gasteiger partial charge in [-0.1, -0.05) is 35.9 Å². The van der Waals surface area contributed by atoms with Gasteiger partial charge in [-0.05, 0) is 42.0 Å². The molecule has 1 aliphatic rings. The van der Waals surface area contributed by atoms with E-state index in [0.717, 1.165) is 5.56 Å². The quantitative estimate of drug-likeness (QED) is 0.567. The van der Waals surface area contributed by atoms with E-state index in [2.05, 4.69) is 10.6 Å². The number of para-hydroxylation sites is 1. The summed E-state index contributed by atoms with van der Waals surface area (Å²) < 4.78 is 11.1. The van der Waals surface area contributed by atoms with E-state index in [0.29, 0.717) is 41.7 Å². The molecule has 2 amide bonds. The normalized spacial score (nSPS) is 16.5. The van der Waals surface area contributed by atoms with Gasteiger partial charge in [0.05, 0.1) is 43.3 Å². The van der Waals surface area contributed by atoms with Gasteiger partial charge in [-0.15, -0.1) is 0 Å². The number of carbonyl (C=O) groups is 2. The highest BCUT2D eigenvalue weighted by molar-refractivity contribution is 6.30. The first-order chi connectivity index (χ1) is 15.6. The summed E-state index contributed by atoms with van der Waals surface area (Å²) in [5.41, 5.74) is 1.89. The molecule has 0 radical (unpaired) electrons. The fourth-order valence-electron chi connectivity index (χ4n) is 3.58. The van der Waals surface area contributed by atoms with Crippen LogP contribution in [0.5, 0.6) is 0 Å². The lowest BCUT2D eigenvalue weighted by Crippen LogP contribution is -2.42. The molecule has 0 spiro atoms. The molecule has 2 heterocycles. The van der Waals surface area contributed by atoms with Crippen molar-refractivity contribution in [3.8, 4) is 0 Å². The van der Waals surface area contributed by atoms with Gasteiger partial charge in [-0.3, -0.25) is 14.5 Å². The molecule has 0 saturated carbocycles. The molecule has 3 aromatic rings. The third-order valence-corrected chi connectivity index (χ3v) is 5.46. The molecule has 1 atom stereocenters. The minimum Gasteiger partial charge on any atom is -0.467 e. The molecule has 1 aliphatic heterocycles. The number of halogens is 1. The van der Waals surface area contributed by atoms with Crippen molar-refractivity contribution in [3.63, 3.8) is 0 Å². The molecule has 0 aliphatic carbocycles. The van der Waals surface area contributed by atoms with Gasteiger partial charge in [0.2, 0.25) is 5.91 Å². The molecule has 0 bridgehead atoms. The van der Waals surface area contributed by atoms with Crippen LogP contribution in [0.3, 0.4) is 0 Å². The topological polar surface area (TPSA) is 83.8 Å². The number of nitrogens with one attached hydrogen (secondary N) is 2. The Hall–Kier alpha value is -3.13. The Bertz CT molecular complexity index is 1050. The minimum atomic E-state index is -0.286. The van der Waals surface area contributed by atoms with E-state index in [9.17, 15) is 9.59 Å². The van der Waals surface area contributed by atoms with Crippen molar-refractivity contribution in [1.29, 1.82) is 0 Å². The summed E-state index contributed by atoms with van der Waals surface area (Å²) in [4.78, 5) is 27.4. The number of carbonyl (C=O) groups excluding carboxylic acids is 2. The predicted molar refractivity (Wildman–Crippen MR) is 122 cm³/mol. The third-order valence-electron chi connectivity index (χ3n) is 5.21. The summed E-state index contributed by atoms with van der Waals surface area (Å²) in [6, 6.07) is 18.0. The van der Waals surface area contributed by atoms with Crippen LogP contribution in [0, 0.1) is 0 Å². The van der Waals surface area contributed by atoms with Crippen LogP contribution < -0.4 is 10.6 Å². The summed E-state index contributed by atoms with van der Waals surface area (Å²) >= 11 is 5.97. The SMILES string of the molecule is O=C(CN1CCOC(c2ccc(Cl)cc2)C1)Nc1ccccc1C(=O)NCc1ccco1. The molecule has 2 N–H and O–H groups in total. The average Bonchev–Trinajstić information content (AvgIpc) is 3.32. The molecule has 1 saturated heterocycles. The van der Waals surface area contributed by atoms with Crippen molar-refractivity contribution in [2.75, 3.05) is 31.6 Å². The molecule has 8 heteroatoms. The van der Waals surface area contributed by atoms with Crippen LogP contribution in [0.15, 0.2) is 71.3 Å². The van der Waals surface area contributed by atoms with Gasteiger partial charge in [-0.2, -0.15) is 0 Å². The fraction of sp³-hybridized carbons (Fsp3) is 0.250. The van der Waals surface area contributed by atoms with Crippen molar-refractivity contribution in [2.24, 2.45) is 0 Å². The number of morpholine rings is 1. The lowest BCUT2D eigenvalue weighted by atomic mass is 10.1. The second kappa shape index (κ2) is 10.5. The van der Waals surface area contributed by atoms with Gasteiger partial charge >= 0.3 is 0 Å². The van der Waals surface area contributed by atoms with Crippen LogP contribution >= 0.6 is 11.6 Å². The monoisotopic (exact) mass is 453 g/mol. The maximum Gasteiger partial charge on any atom is 0.253 e. The van der Waals surface area contributed by atoms with Gasteiger partial charge in [-0.25, -0.2) is 0 Å². The summed E-state index contributed by atoms with van der Waals surface area (Å²) in [6.45, 7) is 2.26. The third kappa shape index (κ3) is 5.76. The Morgan fingerprint density at radius 2 is 1.88 bits per heavy atom. The number of ether oxygens (including phenoxy) is 1. The van der Waals surface area contributed by atoms with Crippen molar-refractivity contribution in [3.05, 3.63) is 88.8 Å². The van der Waals surface area contributed by atoms with Crippen LogP contribution in [0.4, 0.5) is 5.69 Å². The zero-order chi connectivity index (χ0) is 22.3. The molecular weight excluding hydrogens is 430 g/mol. The number of amides is 2. The number of hydrogen-bond acceptors (Lipinski definition) is 5. The Labute approximate surface area is 191 Å². The Morgan fingerprint density at radius 1 is 1.06 bits per heavy atom. The maximum absolute atomic E-state index is 12.7. The standard InChI is InChI=1S/C24H24ClN3O4/c25-18-9-7-17(8-10-18)22-15-28(11-13-32-22)16-23(29)27-21-6-2-1-5-20(21)24(30)26-14-19-4-3-12-31-19/h1-10,12,22H,11,13-16H2,(H,26,30)(H,27,29). The van der Waals surface area contributed by atoms with E-state index in [1.807, 2.05) is 29.2 Å². The highest BCUT2D eigenvalue weighted by atomic mass is 35.5. The number of anilines is 1. The van der Waals surface area contributed by atoms with E-state index >= 15 is 0 Å². The Balaban J connectivity index is 1.34. The molecule has 1 fully saturated rings. The highest BCUT2D eigenvalue weighted by Gasteiger charge is 2.24. The highest BCUT2D eigenvalue weighted by Crippen LogP contribution is 2.24. The van der Waals surface area contributed by atoms with Gasteiger partial charge in [0, 0.05) is 18.1 Å². The second-order valence-corrected chi connectivity index (χ2v) is 7.94. The average molecular weight is 454 g/mol. The van der Waals surface area contributed by atoms with Gasteiger partial charge in [0.25, 0.3) is 5.91 Å². The lowest BCUT2D eigenvalue weighted by Gasteiger charge is -2.32. The molecular formula is C24H24ClN3O4. The zero-order valence-electron chi connectivity index (χ0n) is 17.4. The summed E-state index contributed by atoms with van der Waals surface area (Å²) in [7, 11) is 0. The zero-order valence-corrected chi connectivity index (χ0v) is 18.2. The van der Waals surface area contributed by atoms with Crippen LogP contribution in [-0.4, -0.2) is 43.0 Å². The van der Waals surface area contributed by atoms with E-state index in [1.165, 1.54) is 0 Å². The summed E-state index contributed by atoms with van der Waals surface area (Å²) in [5.74, 6) is 0.182. The van der Waals surface area contributed by atoms with Crippen LogP contribution in [0.25, 0.3) is 0 Å². The number of nitrogens with zero attached hydrogens (tertiary/aromatic N) is 1. The molecule has 166 valence electrons. The number of hydrogen-bond donors (Lipinski definition) is 2. The summed E-state index contributed by atoms with van der Waals surface area (Å²) in [6.07, 6.45) is 1.44. The smallest absolute Gasteiger partial charge is 0.253 e. The number of rotatable bonds is 7. The first kappa shape index (κ1) is 22.1. The lowest BCUT2D eigenvalue weighted by molar-refractivity contribution is -0.119. The minimum absolute atomic E-state index is 0.117. The first-order valence-electron chi connectivity index (χ1n) is 10.4. The molecule has 1 aromatic heterocycles. The van der Waals surface area contributed by atoms with Crippen LogP contribution in [0.1, 0.15) is 27.8 Å². The van der Waals surface area contributed by atoms with Crippen molar-refractivity contribution < 1.29 is 18.7 Å². The Kier molecular flexibility index (Phi) is 7.21. The van der Waals surface area contributed by atoms with Gasteiger partial charge in [0.1, 0.15) is 5.76 Å². The van der Waals surface area contributed by atoms with Gasteiger partial charge < -0.3 is 19.8 Å². The number of benzene rings is 2. The first-order valence-corrected chi connectivity index (χ1v) is 10.7. The Morgan fingerprint density at radius 3 is 2.66 bits per heavy atom. The molecule has 32 heavy (non-hydrogen) atoms. The van der Waals surface area contributed by atoms with Gasteiger partial charge in [0.15, 0.2) is 0 Å². The van der Waals surface area contributed by atoms with Crippen LogP contribution in [-0.2, 0) is 16.1 Å². The van der Waals surface area contributed by atoms with Crippen LogP contribution in [0.2, 0.25) is 5.02 Å². The molecule has 4 rings (SSSR count). The summed E-state index contributed by atoms with van der Waals surface area (Å²) in [5, 5.41) is 6.35. The second-order valence-electron chi connectivity index (χ2n) is 7.50. The van der Waals surface area contributed by atoms with E-state index in [4.69, 9.17) is 20.8 Å². The van der Waals surface area contributed by atoms with E-state index < -0.39 is 0 Å². The molecule has 2 aromatic carbocycles. The number of furan rings is 1. The van der Waals surface area contributed by atoms with E-state index in [1.54, 1.807) is 42.7 Å². The predicted octanol–water partition coefficient (Wildman–Crippen LogP) is 3.88. The van der Waals surface area contributed by atoms with Crippen molar-refractivity contribution >= 4 is 29.1 Å². The van der Waals surface area contributed by atoms with E-state index in [-0.39, 0.29) is 31.0 Å². The fourth-order valence-corrected chi connectivity index (χ4v) is 3.71. The molecule has 1 unspecified atom stereocenters.